The number of ketones is 2. The number of hydroxylamine groups is 1. The first-order valence-corrected chi connectivity index (χ1v) is 7.46. The largest absolute Gasteiger partial charge is 0.294 e. The zero-order valence-electron chi connectivity index (χ0n) is 11.2. The van der Waals surface area contributed by atoms with E-state index in [0.29, 0.717) is 37.3 Å². The molecule has 0 radical (unpaired) electrons. The fourth-order valence-corrected chi connectivity index (χ4v) is 2.15. The van der Waals surface area contributed by atoms with Gasteiger partial charge in [0, 0.05) is 19.4 Å². The van der Waals surface area contributed by atoms with Crippen molar-refractivity contribution < 1.29 is 14.4 Å². The lowest BCUT2D eigenvalue weighted by molar-refractivity contribution is -0.127. The second-order valence-electron chi connectivity index (χ2n) is 5.22. The lowest BCUT2D eigenvalue weighted by Crippen LogP contribution is -2.31. The molecule has 0 aromatic rings. The van der Waals surface area contributed by atoms with E-state index in [2.05, 4.69) is 5.48 Å². The third-order valence-corrected chi connectivity index (χ3v) is 3.11. The van der Waals surface area contributed by atoms with Gasteiger partial charge >= 0.3 is 0 Å². The highest BCUT2D eigenvalue weighted by Gasteiger charge is 2.35. The molecule has 0 heterocycles. The normalized spacial score (nSPS) is 19.2. The van der Waals surface area contributed by atoms with Crippen LogP contribution in [0, 0.1) is 5.41 Å². The Labute approximate surface area is 112 Å². The number of rotatable bonds is 6. The molecular formula is C13H21NO3S. The number of nitrogens with one attached hydrogen (secondary N) is 1. The molecule has 0 atom stereocenters. The van der Waals surface area contributed by atoms with Gasteiger partial charge in [-0.2, -0.15) is 0 Å². The maximum absolute atomic E-state index is 11.8. The molecule has 5 heteroatoms. The Bertz CT molecular complexity index is 328. The van der Waals surface area contributed by atoms with Crippen molar-refractivity contribution in [2.75, 3.05) is 18.7 Å². The predicted octanol–water partition coefficient (Wildman–Crippen LogP) is 2.10. The van der Waals surface area contributed by atoms with Crippen LogP contribution < -0.4 is 5.48 Å². The van der Waals surface area contributed by atoms with Crippen molar-refractivity contribution in [2.45, 2.75) is 33.1 Å². The molecule has 1 aliphatic carbocycles. The van der Waals surface area contributed by atoms with E-state index in [1.54, 1.807) is 17.8 Å². The summed E-state index contributed by atoms with van der Waals surface area (Å²) in [6.07, 6.45) is 5.23. The summed E-state index contributed by atoms with van der Waals surface area (Å²) in [6.45, 7) is 4.52. The molecule has 1 N–H and O–H groups in total. The number of carbonyl (C=O) groups excluding carboxylic acids is 2. The minimum Gasteiger partial charge on any atom is -0.294 e. The van der Waals surface area contributed by atoms with E-state index in [4.69, 9.17) is 4.84 Å². The highest BCUT2D eigenvalue weighted by atomic mass is 32.2. The fourth-order valence-electron chi connectivity index (χ4n) is 1.95. The fraction of sp³-hybridized carbons (Fsp3) is 0.692. The number of Topliss-reactive ketones (excluding diaryl/α,β-unsaturated/α-hetero) is 2. The molecule has 0 aliphatic heterocycles. The van der Waals surface area contributed by atoms with Gasteiger partial charge in [0.25, 0.3) is 0 Å². The SMILES string of the molecule is CSCONCCC=C1C(=O)CC(C)(C)CC1=O. The first kappa shape index (κ1) is 15.4. The van der Waals surface area contributed by atoms with E-state index in [9.17, 15) is 9.59 Å². The van der Waals surface area contributed by atoms with Crippen molar-refractivity contribution >= 4 is 23.3 Å². The van der Waals surface area contributed by atoms with E-state index < -0.39 is 0 Å². The van der Waals surface area contributed by atoms with Crippen LogP contribution in [0.1, 0.15) is 33.1 Å². The number of carbonyl (C=O) groups is 2. The van der Waals surface area contributed by atoms with Crippen molar-refractivity contribution in [3.8, 4) is 0 Å². The molecule has 0 aromatic heterocycles. The molecule has 0 aromatic carbocycles. The second-order valence-corrected chi connectivity index (χ2v) is 6.03. The highest BCUT2D eigenvalue weighted by Crippen LogP contribution is 2.33. The summed E-state index contributed by atoms with van der Waals surface area (Å²) < 4.78 is 0. The molecule has 4 nitrogen and oxygen atoms in total. The van der Waals surface area contributed by atoms with Crippen LogP contribution in [0.25, 0.3) is 0 Å². The Kier molecular flexibility index (Phi) is 6.05. The number of thioether (sulfide) groups is 1. The van der Waals surface area contributed by atoms with Crippen LogP contribution in [0.3, 0.4) is 0 Å². The summed E-state index contributed by atoms with van der Waals surface area (Å²) in [6, 6.07) is 0. The number of hydrogen-bond acceptors (Lipinski definition) is 5. The minimum atomic E-state index is -0.189. The highest BCUT2D eigenvalue weighted by molar-refractivity contribution is 7.98. The molecule has 102 valence electrons. The van der Waals surface area contributed by atoms with Gasteiger partial charge in [0.2, 0.25) is 0 Å². The molecule has 1 rings (SSSR count). The van der Waals surface area contributed by atoms with Crippen LogP contribution in [0.2, 0.25) is 0 Å². The van der Waals surface area contributed by atoms with E-state index in [1.807, 2.05) is 20.1 Å². The van der Waals surface area contributed by atoms with Crippen LogP contribution in [0.15, 0.2) is 11.6 Å². The lowest BCUT2D eigenvalue weighted by atomic mass is 9.74. The van der Waals surface area contributed by atoms with Crippen molar-refractivity contribution in [3.05, 3.63) is 11.6 Å². The second kappa shape index (κ2) is 7.07. The average Bonchev–Trinajstić information content (AvgIpc) is 2.24. The van der Waals surface area contributed by atoms with Crippen LogP contribution in [-0.4, -0.2) is 30.3 Å². The summed E-state index contributed by atoms with van der Waals surface area (Å²) in [5, 5.41) is 0. The van der Waals surface area contributed by atoms with E-state index >= 15 is 0 Å². The molecule has 18 heavy (non-hydrogen) atoms. The van der Waals surface area contributed by atoms with Gasteiger partial charge in [-0.3, -0.25) is 14.4 Å². The molecular weight excluding hydrogens is 250 g/mol. The van der Waals surface area contributed by atoms with E-state index in [-0.39, 0.29) is 17.0 Å². The molecule has 0 bridgehead atoms. The Morgan fingerprint density at radius 1 is 1.33 bits per heavy atom. The molecule has 0 saturated heterocycles. The zero-order chi connectivity index (χ0) is 13.6. The van der Waals surface area contributed by atoms with Crippen molar-refractivity contribution in [1.82, 2.24) is 5.48 Å². The molecule has 0 unspecified atom stereocenters. The monoisotopic (exact) mass is 271 g/mol. The molecule has 1 fully saturated rings. The maximum atomic E-state index is 11.8. The van der Waals surface area contributed by atoms with Crippen LogP contribution in [0.4, 0.5) is 0 Å². The molecule has 0 amide bonds. The predicted molar refractivity (Wildman–Crippen MR) is 73.2 cm³/mol. The summed E-state index contributed by atoms with van der Waals surface area (Å²) in [4.78, 5) is 28.8. The summed E-state index contributed by atoms with van der Waals surface area (Å²) in [5.41, 5.74) is 2.97. The van der Waals surface area contributed by atoms with Crippen LogP contribution in [-0.2, 0) is 14.4 Å². The Morgan fingerprint density at radius 3 is 2.50 bits per heavy atom. The third kappa shape index (κ3) is 4.92. The van der Waals surface area contributed by atoms with Crippen molar-refractivity contribution in [2.24, 2.45) is 5.41 Å². The molecule has 1 saturated carbocycles. The third-order valence-electron chi connectivity index (χ3n) is 2.75. The molecule has 1 aliphatic rings. The number of hydrogen-bond donors (Lipinski definition) is 1. The number of allylic oxidation sites excluding steroid dienone is 1. The Balaban J connectivity index is 2.41. The summed E-state index contributed by atoms with van der Waals surface area (Å²) >= 11 is 1.58. The van der Waals surface area contributed by atoms with Gasteiger partial charge in [0.1, 0.15) is 5.94 Å². The van der Waals surface area contributed by atoms with Gasteiger partial charge in [-0.25, -0.2) is 5.48 Å². The van der Waals surface area contributed by atoms with Gasteiger partial charge in [0.15, 0.2) is 11.6 Å². The van der Waals surface area contributed by atoms with Crippen LogP contribution in [0.5, 0.6) is 0 Å². The zero-order valence-corrected chi connectivity index (χ0v) is 12.1. The molecule has 0 spiro atoms. The first-order chi connectivity index (χ1) is 8.46. The quantitative estimate of drug-likeness (QED) is 0.264. The van der Waals surface area contributed by atoms with E-state index in [0.717, 1.165) is 0 Å². The minimum absolute atomic E-state index is 0.0266. The summed E-state index contributed by atoms with van der Waals surface area (Å²) in [5.74, 6) is 0.533. The first-order valence-electron chi connectivity index (χ1n) is 6.06. The summed E-state index contributed by atoms with van der Waals surface area (Å²) in [7, 11) is 0. The standard InChI is InChI=1S/C13H21NO3S/c1-13(2)7-11(15)10(12(16)8-13)5-4-6-14-17-9-18-3/h5,14H,4,6-9H2,1-3H3. The van der Waals surface area contributed by atoms with Gasteiger partial charge in [-0.15, -0.1) is 11.8 Å². The smallest absolute Gasteiger partial charge is 0.166 e. The average molecular weight is 271 g/mol. The van der Waals surface area contributed by atoms with Crippen molar-refractivity contribution in [3.63, 3.8) is 0 Å². The van der Waals surface area contributed by atoms with Crippen LogP contribution >= 0.6 is 11.8 Å². The van der Waals surface area contributed by atoms with Gasteiger partial charge < -0.3 is 0 Å². The van der Waals surface area contributed by atoms with E-state index in [1.165, 1.54) is 0 Å². The van der Waals surface area contributed by atoms with Gasteiger partial charge in [-0.05, 0) is 18.1 Å². The lowest BCUT2D eigenvalue weighted by Gasteiger charge is -2.28. The maximum Gasteiger partial charge on any atom is 0.166 e. The Hall–Kier alpha value is -0.650. The van der Waals surface area contributed by atoms with Gasteiger partial charge in [-0.1, -0.05) is 19.9 Å². The van der Waals surface area contributed by atoms with Crippen molar-refractivity contribution in [1.29, 1.82) is 0 Å². The van der Waals surface area contributed by atoms with Gasteiger partial charge in [0.05, 0.1) is 5.57 Å². The topological polar surface area (TPSA) is 55.4 Å². The Morgan fingerprint density at radius 2 is 1.94 bits per heavy atom.